The fourth-order valence-corrected chi connectivity index (χ4v) is 4.21. The Balaban J connectivity index is 0.000000908. The standard InChI is InChI=1S/C31H32F3N7O3.C2HF3O2/c1-19(2)39-29-30(43)41(26(16-38-29)23-12-24(31(32,33)34)14-25(35)13-23)17-27(42)37-15-20-8-10-22(11-9-20)28(36)40-44-18-21-6-4-3-5-7-21;3-2(4,5)1(6)7/h3-14,16,19H,15,17-18,35H2,1-2H3,(H2,36,40)(H,37,42)(H,38,39);(H,6,7). The van der Waals surface area contributed by atoms with Gasteiger partial charge in [-0.25, -0.2) is 9.78 Å². The minimum Gasteiger partial charge on any atom is -0.475 e. The van der Waals surface area contributed by atoms with Crippen LogP contribution in [0, 0.1) is 0 Å². The molecule has 0 spiro atoms. The van der Waals surface area contributed by atoms with Crippen LogP contribution >= 0.6 is 0 Å². The zero-order chi connectivity index (χ0) is 37.9. The van der Waals surface area contributed by atoms with Crippen LogP contribution in [0.2, 0.25) is 0 Å². The number of alkyl halides is 6. The molecule has 0 radical (unpaired) electrons. The molecule has 12 nitrogen and oxygen atoms in total. The van der Waals surface area contributed by atoms with Crippen molar-refractivity contribution in [3.8, 4) is 11.3 Å². The molecular formula is C33H33F6N7O5. The lowest BCUT2D eigenvalue weighted by Gasteiger charge is -2.17. The molecule has 0 unspecified atom stereocenters. The molecule has 0 bridgehead atoms. The van der Waals surface area contributed by atoms with Gasteiger partial charge in [0.15, 0.2) is 11.7 Å². The summed E-state index contributed by atoms with van der Waals surface area (Å²) in [5.41, 5.74) is 12.2. The molecule has 0 fully saturated rings. The van der Waals surface area contributed by atoms with Crippen molar-refractivity contribution < 1.29 is 45.9 Å². The smallest absolute Gasteiger partial charge is 0.475 e. The van der Waals surface area contributed by atoms with E-state index in [-0.39, 0.29) is 47.8 Å². The van der Waals surface area contributed by atoms with E-state index >= 15 is 0 Å². The van der Waals surface area contributed by atoms with Crippen molar-refractivity contribution in [2.75, 3.05) is 11.1 Å². The van der Waals surface area contributed by atoms with Gasteiger partial charge < -0.3 is 32.0 Å². The second-order valence-electron chi connectivity index (χ2n) is 11.0. The van der Waals surface area contributed by atoms with E-state index in [1.165, 1.54) is 12.3 Å². The number of carboxylic acid groups (broad SMARTS) is 1. The number of carboxylic acids is 1. The van der Waals surface area contributed by atoms with E-state index in [2.05, 4.69) is 20.8 Å². The van der Waals surface area contributed by atoms with Crippen LogP contribution in [0.5, 0.6) is 0 Å². The van der Waals surface area contributed by atoms with Crippen molar-refractivity contribution in [2.45, 2.75) is 51.9 Å². The van der Waals surface area contributed by atoms with E-state index < -0.39 is 41.9 Å². The van der Waals surface area contributed by atoms with Crippen molar-refractivity contribution in [2.24, 2.45) is 10.9 Å². The predicted octanol–water partition coefficient (Wildman–Crippen LogP) is 5.12. The highest BCUT2D eigenvalue weighted by atomic mass is 19.4. The number of aliphatic carboxylic acids is 1. The summed E-state index contributed by atoms with van der Waals surface area (Å²) in [6.45, 7) is 3.49. The van der Waals surface area contributed by atoms with Gasteiger partial charge in [-0.1, -0.05) is 59.8 Å². The Bertz CT molecular complexity index is 1900. The van der Waals surface area contributed by atoms with E-state index in [1.807, 2.05) is 30.3 Å². The Morgan fingerprint density at radius 2 is 1.61 bits per heavy atom. The van der Waals surface area contributed by atoms with E-state index in [1.54, 1.807) is 38.1 Å². The first-order valence-electron chi connectivity index (χ1n) is 14.8. The molecule has 0 aliphatic heterocycles. The minimum absolute atomic E-state index is 0.00542. The third-order valence-corrected chi connectivity index (χ3v) is 6.58. The van der Waals surface area contributed by atoms with Crippen LogP contribution in [0.15, 0.2) is 88.9 Å². The molecule has 51 heavy (non-hydrogen) atoms. The molecule has 18 heteroatoms. The lowest BCUT2D eigenvalue weighted by atomic mass is 10.1. The normalized spacial score (nSPS) is 11.7. The van der Waals surface area contributed by atoms with Gasteiger partial charge in [-0.05, 0) is 43.2 Å². The number of anilines is 2. The zero-order valence-corrected chi connectivity index (χ0v) is 27.0. The number of carbonyl (C=O) groups is 2. The highest BCUT2D eigenvalue weighted by Gasteiger charge is 2.38. The van der Waals surface area contributed by atoms with Gasteiger partial charge in [-0.2, -0.15) is 26.3 Å². The van der Waals surface area contributed by atoms with Gasteiger partial charge in [0.25, 0.3) is 5.56 Å². The van der Waals surface area contributed by atoms with Gasteiger partial charge in [-0.15, -0.1) is 0 Å². The molecule has 4 rings (SSSR count). The van der Waals surface area contributed by atoms with Crippen LogP contribution in [0.4, 0.5) is 37.8 Å². The van der Waals surface area contributed by atoms with Crippen LogP contribution in [-0.2, 0) is 40.3 Å². The molecule has 1 aromatic heterocycles. The first kappa shape index (κ1) is 39.4. The third kappa shape index (κ3) is 12.1. The largest absolute Gasteiger partial charge is 0.490 e. The average molecular weight is 722 g/mol. The summed E-state index contributed by atoms with van der Waals surface area (Å²) in [4.78, 5) is 44.6. The predicted molar refractivity (Wildman–Crippen MR) is 176 cm³/mol. The van der Waals surface area contributed by atoms with E-state index in [4.69, 9.17) is 26.2 Å². The van der Waals surface area contributed by atoms with E-state index in [9.17, 15) is 35.9 Å². The number of oxime groups is 1. The highest BCUT2D eigenvalue weighted by Crippen LogP contribution is 2.34. The summed E-state index contributed by atoms with van der Waals surface area (Å²) in [5.74, 6) is -3.16. The molecule has 0 aliphatic rings. The first-order valence-corrected chi connectivity index (χ1v) is 14.8. The third-order valence-electron chi connectivity index (χ3n) is 6.58. The maximum Gasteiger partial charge on any atom is 0.490 e. The lowest BCUT2D eigenvalue weighted by Crippen LogP contribution is -2.35. The van der Waals surface area contributed by atoms with Gasteiger partial charge in [0.2, 0.25) is 5.91 Å². The molecule has 0 saturated carbocycles. The SMILES string of the molecule is CC(C)Nc1ncc(-c2cc(N)cc(C(F)(F)F)c2)n(CC(=O)NCc2ccc(/C(N)=N/OCc3ccccc3)cc2)c1=O.O=C(O)C(F)(F)F. The van der Waals surface area contributed by atoms with Crippen LogP contribution in [0.3, 0.4) is 0 Å². The van der Waals surface area contributed by atoms with Gasteiger partial charge >= 0.3 is 18.3 Å². The van der Waals surface area contributed by atoms with Crippen LogP contribution in [0.1, 0.15) is 36.1 Å². The number of hydrogen-bond acceptors (Lipinski definition) is 8. The fourth-order valence-electron chi connectivity index (χ4n) is 4.21. The Morgan fingerprint density at radius 1 is 0.980 bits per heavy atom. The van der Waals surface area contributed by atoms with Crippen molar-refractivity contribution in [3.05, 3.63) is 112 Å². The summed E-state index contributed by atoms with van der Waals surface area (Å²) in [6.07, 6.45) is -8.51. The Kier molecular flexibility index (Phi) is 13.2. The maximum absolute atomic E-state index is 13.5. The van der Waals surface area contributed by atoms with E-state index in [0.29, 0.717) is 5.56 Å². The molecule has 1 amide bonds. The van der Waals surface area contributed by atoms with Crippen LogP contribution in [-0.4, -0.2) is 44.6 Å². The number of carbonyl (C=O) groups excluding carboxylic acids is 1. The first-order chi connectivity index (χ1) is 23.8. The van der Waals surface area contributed by atoms with Gasteiger partial charge in [0, 0.05) is 29.4 Å². The molecule has 0 atom stereocenters. The quantitative estimate of drug-likeness (QED) is 0.0461. The maximum atomic E-state index is 13.5. The molecule has 272 valence electrons. The Labute approximate surface area is 286 Å². The number of amides is 1. The molecule has 4 aromatic rings. The van der Waals surface area contributed by atoms with Crippen LogP contribution in [0.25, 0.3) is 11.3 Å². The number of halogens is 6. The highest BCUT2D eigenvalue weighted by molar-refractivity contribution is 5.97. The topological polar surface area (TPSA) is 187 Å². The number of nitrogens with two attached hydrogens (primary N) is 2. The number of benzene rings is 3. The number of rotatable bonds is 11. The summed E-state index contributed by atoms with van der Waals surface area (Å²) in [6, 6.07) is 19.2. The Hall–Kier alpha value is -6.07. The number of aromatic nitrogens is 2. The lowest BCUT2D eigenvalue weighted by molar-refractivity contribution is -0.192. The van der Waals surface area contributed by atoms with Gasteiger partial charge in [0.05, 0.1) is 17.5 Å². The molecule has 1 heterocycles. The fraction of sp³-hybridized carbons (Fsp3) is 0.242. The number of amidine groups is 1. The van der Waals surface area contributed by atoms with Gasteiger partial charge in [-0.3, -0.25) is 14.2 Å². The molecule has 7 N–H and O–H groups in total. The summed E-state index contributed by atoms with van der Waals surface area (Å²) in [5, 5.41) is 16.7. The number of nitrogen functional groups attached to an aromatic ring is 1. The van der Waals surface area contributed by atoms with Crippen molar-refractivity contribution >= 4 is 29.2 Å². The second-order valence-corrected chi connectivity index (χ2v) is 11.0. The van der Waals surface area contributed by atoms with Crippen molar-refractivity contribution in [3.63, 3.8) is 0 Å². The number of nitrogens with zero attached hydrogens (tertiary/aromatic N) is 3. The second kappa shape index (κ2) is 17.0. The van der Waals surface area contributed by atoms with Crippen molar-refractivity contribution in [1.29, 1.82) is 0 Å². The monoisotopic (exact) mass is 721 g/mol. The molecular weight excluding hydrogens is 688 g/mol. The molecule has 0 saturated heterocycles. The van der Waals surface area contributed by atoms with Crippen LogP contribution < -0.4 is 27.7 Å². The zero-order valence-electron chi connectivity index (χ0n) is 27.0. The molecule has 0 aliphatic carbocycles. The number of nitrogens with one attached hydrogen (secondary N) is 2. The minimum atomic E-state index is -5.08. The van der Waals surface area contributed by atoms with Gasteiger partial charge in [0.1, 0.15) is 13.2 Å². The summed E-state index contributed by atoms with van der Waals surface area (Å²) < 4.78 is 73.2. The summed E-state index contributed by atoms with van der Waals surface area (Å²) >= 11 is 0. The van der Waals surface area contributed by atoms with Crippen molar-refractivity contribution in [1.82, 2.24) is 14.9 Å². The molecule has 3 aromatic carbocycles. The average Bonchev–Trinajstić information content (AvgIpc) is 3.05. The Morgan fingerprint density at radius 3 is 2.18 bits per heavy atom. The van der Waals surface area contributed by atoms with E-state index in [0.717, 1.165) is 27.8 Å². The number of hydrogen-bond donors (Lipinski definition) is 5. The summed E-state index contributed by atoms with van der Waals surface area (Å²) in [7, 11) is 0.